The molecule has 0 saturated carbocycles. The Kier molecular flexibility index (Phi) is 6.79. The molecule has 3 aromatic rings. The molecule has 0 radical (unpaired) electrons. The first-order valence-corrected chi connectivity index (χ1v) is 9.09. The fourth-order valence-electron chi connectivity index (χ4n) is 2.64. The largest absolute Gasteiger partial charge is 0.489 e. The van der Waals surface area contributed by atoms with Crippen LogP contribution in [0.1, 0.15) is 21.5 Å². The second kappa shape index (κ2) is 9.90. The van der Waals surface area contributed by atoms with Gasteiger partial charge in [0.25, 0.3) is 0 Å². The SMILES string of the molecule is COC(=O)c1ccccc1NC(=O)/C=C/c1ccc(OCc2ccccc2)cc1. The fourth-order valence-corrected chi connectivity index (χ4v) is 2.64. The highest BCUT2D eigenvalue weighted by atomic mass is 16.5. The summed E-state index contributed by atoms with van der Waals surface area (Å²) in [5.41, 5.74) is 2.66. The Balaban J connectivity index is 1.57. The van der Waals surface area contributed by atoms with E-state index in [0.29, 0.717) is 17.9 Å². The van der Waals surface area contributed by atoms with Crippen molar-refractivity contribution in [3.05, 3.63) is 102 Å². The molecule has 29 heavy (non-hydrogen) atoms. The van der Waals surface area contributed by atoms with Gasteiger partial charge in [-0.2, -0.15) is 0 Å². The van der Waals surface area contributed by atoms with Crippen molar-refractivity contribution in [3.8, 4) is 5.75 Å². The van der Waals surface area contributed by atoms with Crippen molar-refractivity contribution in [2.45, 2.75) is 6.61 Å². The average molecular weight is 387 g/mol. The quantitative estimate of drug-likeness (QED) is 0.471. The number of nitrogens with one attached hydrogen (secondary N) is 1. The summed E-state index contributed by atoms with van der Waals surface area (Å²) < 4.78 is 10.5. The predicted octanol–water partition coefficient (Wildman–Crippen LogP) is 4.70. The molecule has 0 unspecified atom stereocenters. The van der Waals surface area contributed by atoms with Gasteiger partial charge in [0.1, 0.15) is 12.4 Å². The zero-order valence-electron chi connectivity index (χ0n) is 16.0. The molecule has 3 rings (SSSR count). The van der Waals surface area contributed by atoms with E-state index in [2.05, 4.69) is 5.32 Å². The normalized spacial score (nSPS) is 10.5. The number of esters is 1. The maximum atomic E-state index is 12.2. The summed E-state index contributed by atoms with van der Waals surface area (Å²) in [5.74, 6) is -0.0933. The zero-order chi connectivity index (χ0) is 20.5. The van der Waals surface area contributed by atoms with Gasteiger partial charge in [0.2, 0.25) is 5.91 Å². The molecule has 3 aromatic carbocycles. The van der Waals surface area contributed by atoms with Crippen molar-refractivity contribution in [2.24, 2.45) is 0 Å². The molecule has 1 amide bonds. The Bertz CT molecular complexity index is 995. The van der Waals surface area contributed by atoms with Crippen LogP contribution in [0.2, 0.25) is 0 Å². The lowest BCUT2D eigenvalue weighted by atomic mass is 10.1. The Labute approximate surface area is 169 Å². The molecular formula is C24H21NO4. The van der Waals surface area contributed by atoms with Gasteiger partial charge in [0.05, 0.1) is 18.4 Å². The van der Waals surface area contributed by atoms with E-state index >= 15 is 0 Å². The number of amides is 1. The summed E-state index contributed by atoms with van der Waals surface area (Å²) in [6.45, 7) is 0.498. The predicted molar refractivity (Wildman–Crippen MR) is 113 cm³/mol. The fraction of sp³-hybridized carbons (Fsp3) is 0.0833. The van der Waals surface area contributed by atoms with Gasteiger partial charge in [0.15, 0.2) is 0 Å². The molecule has 0 aromatic heterocycles. The van der Waals surface area contributed by atoms with Crippen LogP contribution in [-0.4, -0.2) is 19.0 Å². The molecule has 1 N–H and O–H groups in total. The van der Waals surface area contributed by atoms with Gasteiger partial charge in [-0.1, -0.05) is 54.6 Å². The van der Waals surface area contributed by atoms with Crippen LogP contribution >= 0.6 is 0 Å². The lowest BCUT2D eigenvalue weighted by molar-refractivity contribution is -0.111. The summed E-state index contributed by atoms with van der Waals surface area (Å²) in [6, 6.07) is 24.1. The van der Waals surface area contributed by atoms with Gasteiger partial charge in [-0.25, -0.2) is 4.79 Å². The van der Waals surface area contributed by atoms with Crippen LogP contribution in [0.25, 0.3) is 6.08 Å². The minimum atomic E-state index is -0.504. The van der Waals surface area contributed by atoms with E-state index in [4.69, 9.17) is 9.47 Å². The van der Waals surface area contributed by atoms with Crippen LogP contribution in [0.15, 0.2) is 84.9 Å². The number of methoxy groups -OCH3 is 1. The number of anilines is 1. The summed E-state index contributed by atoms with van der Waals surface area (Å²) in [5, 5.41) is 2.69. The third kappa shape index (κ3) is 5.81. The standard InChI is InChI=1S/C24H21NO4/c1-28-24(27)21-9-5-6-10-22(21)25-23(26)16-13-18-11-14-20(15-12-18)29-17-19-7-3-2-4-8-19/h2-16H,17H2,1H3,(H,25,26)/b16-13+. The first-order valence-electron chi connectivity index (χ1n) is 9.09. The molecule has 0 aliphatic carbocycles. The summed E-state index contributed by atoms with van der Waals surface area (Å²) in [6.07, 6.45) is 3.10. The summed E-state index contributed by atoms with van der Waals surface area (Å²) in [4.78, 5) is 24.0. The number of rotatable bonds is 7. The van der Waals surface area contributed by atoms with E-state index in [0.717, 1.165) is 16.9 Å². The van der Waals surface area contributed by atoms with Gasteiger partial charge in [-0.3, -0.25) is 4.79 Å². The van der Waals surface area contributed by atoms with Crippen LogP contribution in [0.3, 0.4) is 0 Å². The van der Waals surface area contributed by atoms with Gasteiger partial charge in [0, 0.05) is 6.08 Å². The maximum absolute atomic E-state index is 12.2. The first-order chi connectivity index (χ1) is 14.2. The van der Waals surface area contributed by atoms with E-state index in [1.54, 1.807) is 30.3 Å². The van der Waals surface area contributed by atoms with Crippen molar-refractivity contribution < 1.29 is 19.1 Å². The molecule has 0 bridgehead atoms. The third-order valence-electron chi connectivity index (χ3n) is 4.15. The molecule has 0 aliphatic rings. The molecule has 0 fully saturated rings. The van der Waals surface area contributed by atoms with Crippen LogP contribution < -0.4 is 10.1 Å². The van der Waals surface area contributed by atoms with Crippen molar-refractivity contribution in [1.29, 1.82) is 0 Å². The Hall–Kier alpha value is -3.86. The lowest BCUT2D eigenvalue weighted by Crippen LogP contribution is -2.12. The van der Waals surface area contributed by atoms with Crippen LogP contribution in [0.4, 0.5) is 5.69 Å². The number of benzene rings is 3. The summed E-state index contributed by atoms with van der Waals surface area (Å²) in [7, 11) is 1.30. The number of carbonyl (C=O) groups is 2. The summed E-state index contributed by atoms with van der Waals surface area (Å²) >= 11 is 0. The number of hydrogen-bond donors (Lipinski definition) is 1. The van der Waals surface area contributed by atoms with Crippen molar-refractivity contribution in [3.63, 3.8) is 0 Å². The molecular weight excluding hydrogens is 366 g/mol. The highest BCUT2D eigenvalue weighted by Crippen LogP contribution is 2.17. The zero-order valence-corrected chi connectivity index (χ0v) is 16.0. The monoisotopic (exact) mass is 387 g/mol. The number of carbonyl (C=O) groups excluding carboxylic acids is 2. The van der Waals surface area contributed by atoms with Crippen molar-refractivity contribution in [2.75, 3.05) is 12.4 Å². The van der Waals surface area contributed by atoms with E-state index in [9.17, 15) is 9.59 Å². The lowest BCUT2D eigenvalue weighted by Gasteiger charge is -2.08. The minimum absolute atomic E-state index is 0.302. The Morgan fingerprint density at radius 1 is 0.897 bits per heavy atom. The number of hydrogen-bond acceptors (Lipinski definition) is 4. The Morgan fingerprint density at radius 3 is 2.31 bits per heavy atom. The van der Waals surface area contributed by atoms with E-state index < -0.39 is 5.97 Å². The van der Waals surface area contributed by atoms with Gasteiger partial charge in [-0.05, 0) is 41.5 Å². The first kappa shape index (κ1) is 19.9. The van der Waals surface area contributed by atoms with Crippen LogP contribution in [-0.2, 0) is 16.1 Å². The van der Waals surface area contributed by atoms with Gasteiger partial charge in [-0.15, -0.1) is 0 Å². The second-order valence-corrected chi connectivity index (χ2v) is 6.20. The van der Waals surface area contributed by atoms with E-state index in [1.165, 1.54) is 13.2 Å². The van der Waals surface area contributed by atoms with Crippen LogP contribution in [0.5, 0.6) is 5.75 Å². The highest BCUT2D eigenvalue weighted by molar-refractivity contribution is 6.06. The van der Waals surface area contributed by atoms with Crippen LogP contribution in [0, 0.1) is 0 Å². The van der Waals surface area contributed by atoms with Crippen molar-refractivity contribution >= 4 is 23.6 Å². The third-order valence-corrected chi connectivity index (χ3v) is 4.15. The minimum Gasteiger partial charge on any atom is -0.489 e. The molecule has 5 heteroatoms. The van der Waals surface area contributed by atoms with Crippen molar-refractivity contribution in [1.82, 2.24) is 0 Å². The van der Waals surface area contributed by atoms with E-state index in [-0.39, 0.29) is 5.91 Å². The van der Waals surface area contributed by atoms with Gasteiger partial charge < -0.3 is 14.8 Å². The smallest absolute Gasteiger partial charge is 0.339 e. The molecule has 0 atom stereocenters. The number of ether oxygens (including phenoxy) is 2. The average Bonchev–Trinajstić information content (AvgIpc) is 2.77. The molecule has 5 nitrogen and oxygen atoms in total. The topological polar surface area (TPSA) is 64.6 Å². The second-order valence-electron chi connectivity index (χ2n) is 6.20. The molecule has 146 valence electrons. The molecule has 0 aliphatic heterocycles. The number of para-hydroxylation sites is 1. The highest BCUT2D eigenvalue weighted by Gasteiger charge is 2.11. The maximum Gasteiger partial charge on any atom is 0.339 e. The van der Waals surface area contributed by atoms with Gasteiger partial charge >= 0.3 is 5.97 Å². The Morgan fingerprint density at radius 2 is 1.59 bits per heavy atom. The van der Waals surface area contributed by atoms with E-state index in [1.807, 2.05) is 54.6 Å². The molecule has 0 saturated heterocycles. The molecule has 0 heterocycles. The molecule has 0 spiro atoms.